The Morgan fingerprint density at radius 1 is 0.860 bits per heavy atom. The minimum atomic E-state index is 0.694. The molecular formula is C39H33N3O. The zero-order valence-corrected chi connectivity index (χ0v) is 24.4. The summed E-state index contributed by atoms with van der Waals surface area (Å²) < 4.78 is 8.44. The minimum absolute atomic E-state index is 0.694. The molecule has 0 saturated carbocycles. The molecule has 6 aromatic rings. The van der Waals surface area contributed by atoms with Gasteiger partial charge in [-0.25, -0.2) is 0 Å². The Morgan fingerprint density at radius 2 is 1.63 bits per heavy atom. The number of allylic oxidation sites excluding steroid dienone is 6. The predicted octanol–water partition coefficient (Wildman–Crippen LogP) is 9.81. The molecule has 0 aliphatic heterocycles. The standard InChI is InChI=1S/C39H33N3O/c1-4-9-30-33-23-26(15-17-38(33)43-37(30)5-2)25-14-16-36-32(22-25)29-10-6-7-13-35(29)42(36)21-19-31-27(18-20-40)24(3)28-11-8-12-34(41)39(28)31/h4-20,22-23H,2,21,40-41H2,1,3H3/b9-4-,20-18-,31-19-. The van der Waals surface area contributed by atoms with Crippen molar-refractivity contribution in [3.05, 3.63) is 138 Å². The van der Waals surface area contributed by atoms with Crippen LogP contribution in [-0.4, -0.2) is 4.57 Å². The summed E-state index contributed by atoms with van der Waals surface area (Å²) in [6, 6.07) is 27.9. The molecule has 0 radical (unpaired) electrons. The monoisotopic (exact) mass is 559 g/mol. The van der Waals surface area contributed by atoms with Gasteiger partial charge in [0.05, 0.1) is 0 Å². The van der Waals surface area contributed by atoms with E-state index in [9.17, 15) is 0 Å². The van der Waals surface area contributed by atoms with Crippen molar-refractivity contribution in [1.82, 2.24) is 4.57 Å². The quantitative estimate of drug-likeness (QED) is 0.200. The van der Waals surface area contributed by atoms with Crippen LogP contribution in [0.15, 0.2) is 120 Å². The van der Waals surface area contributed by atoms with Gasteiger partial charge in [-0.1, -0.05) is 67.3 Å². The van der Waals surface area contributed by atoms with E-state index in [1.54, 1.807) is 12.3 Å². The van der Waals surface area contributed by atoms with E-state index in [4.69, 9.17) is 15.9 Å². The number of rotatable bonds is 6. The Kier molecular flexibility index (Phi) is 6.40. The van der Waals surface area contributed by atoms with Gasteiger partial charge in [0.1, 0.15) is 11.3 Å². The van der Waals surface area contributed by atoms with Crippen LogP contribution >= 0.6 is 0 Å². The lowest BCUT2D eigenvalue weighted by Crippen LogP contribution is -1.98. The summed E-state index contributed by atoms with van der Waals surface area (Å²) in [5.41, 5.74) is 25.5. The van der Waals surface area contributed by atoms with Gasteiger partial charge < -0.3 is 20.5 Å². The fraction of sp³-hybridized carbons (Fsp3) is 0.0769. The van der Waals surface area contributed by atoms with Gasteiger partial charge in [-0.05, 0) is 102 Å². The van der Waals surface area contributed by atoms with Crippen molar-refractivity contribution in [2.45, 2.75) is 20.4 Å². The summed E-state index contributed by atoms with van der Waals surface area (Å²) in [7, 11) is 0. The Balaban J connectivity index is 1.36. The van der Waals surface area contributed by atoms with E-state index in [0.717, 1.165) is 55.8 Å². The largest absolute Gasteiger partial charge is 0.456 e. The van der Waals surface area contributed by atoms with Gasteiger partial charge in [0, 0.05) is 50.6 Å². The first-order valence-electron chi connectivity index (χ1n) is 14.6. The summed E-state index contributed by atoms with van der Waals surface area (Å²) >= 11 is 0. The topological polar surface area (TPSA) is 70.1 Å². The normalized spacial score (nSPS) is 14.4. The Labute approximate surface area is 251 Å². The van der Waals surface area contributed by atoms with Gasteiger partial charge in [-0.2, -0.15) is 0 Å². The number of anilines is 1. The molecule has 4 aromatic carbocycles. The average Bonchev–Trinajstić information content (AvgIpc) is 3.64. The van der Waals surface area contributed by atoms with Gasteiger partial charge >= 0.3 is 0 Å². The molecule has 1 aliphatic rings. The van der Waals surface area contributed by atoms with E-state index < -0.39 is 0 Å². The number of nitrogens with zero attached hydrogens (tertiary/aromatic N) is 1. The number of hydrogen-bond donors (Lipinski definition) is 2. The molecule has 2 heterocycles. The molecule has 0 saturated heterocycles. The molecular weight excluding hydrogens is 526 g/mol. The molecule has 0 unspecified atom stereocenters. The number of hydrogen-bond acceptors (Lipinski definition) is 3. The molecule has 0 bridgehead atoms. The minimum Gasteiger partial charge on any atom is -0.456 e. The van der Waals surface area contributed by atoms with E-state index in [1.165, 1.54) is 32.9 Å². The molecule has 0 fully saturated rings. The van der Waals surface area contributed by atoms with E-state index in [2.05, 4.69) is 97.0 Å². The summed E-state index contributed by atoms with van der Waals surface area (Å²) in [5, 5.41) is 3.53. The van der Waals surface area contributed by atoms with Gasteiger partial charge in [0.2, 0.25) is 0 Å². The first-order valence-corrected chi connectivity index (χ1v) is 14.6. The lowest BCUT2D eigenvalue weighted by atomic mass is 10.00. The maximum Gasteiger partial charge on any atom is 0.135 e. The first-order chi connectivity index (χ1) is 21.0. The van der Waals surface area contributed by atoms with Crippen molar-refractivity contribution in [2.24, 2.45) is 5.73 Å². The highest BCUT2D eigenvalue weighted by atomic mass is 16.3. The van der Waals surface area contributed by atoms with Crippen molar-refractivity contribution in [1.29, 1.82) is 0 Å². The second kappa shape index (κ2) is 10.4. The van der Waals surface area contributed by atoms with Crippen LogP contribution in [0.4, 0.5) is 5.69 Å². The third kappa shape index (κ3) is 4.14. The molecule has 1 aliphatic carbocycles. The maximum atomic E-state index is 6.51. The fourth-order valence-electron chi connectivity index (χ4n) is 6.61. The van der Waals surface area contributed by atoms with Crippen LogP contribution in [0.5, 0.6) is 0 Å². The molecule has 43 heavy (non-hydrogen) atoms. The summed E-state index contributed by atoms with van der Waals surface area (Å²) in [5.74, 6) is 0.791. The van der Waals surface area contributed by atoms with Crippen LogP contribution in [0.25, 0.3) is 67.2 Å². The highest BCUT2D eigenvalue weighted by molar-refractivity contribution is 6.10. The third-order valence-electron chi connectivity index (χ3n) is 8.58. The Bertz CT molecular complexity index is 2210. The van der Waals surface area contributed by atoms with E-state index >= 15 is 0 Å². The number of furan rings is 1. The fourth-order valence-corrected chi connectivity index (χ4v) is 6.61. The number of para-hydroxylation sites is 1. The molecule has 4 N–H and O–H groups in total. The smallest absolute Gasteiger partial charge is 0.135 e. The highest BCUT2D eigenvalue weighted by Gasteiger charge is 2.24. The number of benzene rings is 4. The average molecular weight is 560 g/mol. The third-order valence-corrected chi connectivity index (χ3v) is 8.58. The second-order valence-electron chi connectivity index (χ2n) is 10.9. The molecule has 210 valence electrons. The van der Waals surface area contributed by atoms with E-state index in [0.29, 0.717) is 6.54 Å². The van der Waals surface area contributed by atoms with Crippen LogP contribution in [0.3, 0.4) is 0 Å². The van der Waals surface area contributed by atoms with Gasteiger partial charge in [0.25, 0.3) is 0 Å². The summed E-state index contributed by atoms with van der Waals surface area (Å²) in [6.07, 6.45) is 11.8. The van der Waals surface area contributed by atoms with Gasteiger partial charge in [0.15, 0.2) is 0 Å². The van der Waals surface area contributed by atoms with Crippen molar-refractivity contribution in [2.75, 3.05) is 5.73 Å². The number of nitrogens with two attached hydrogens (primary N) is 2. The zero-order valence-electron chi connectivity index (χ0n) is 24.4. The van der Waals surface area contributed by atoms with Crippen LogP contribution in [-0.2, 0) is 6.54 Å². The number of fused-ring (bicyclic) bond motifs is 5. The molecule has 7 rings (SSSR count). The van der Waals surface area contributed by atoms with Crippen LogP contribution in [0, 0.1) is 0 Å². The van der Waals surface area contributed by atoms with Crippen LogP contribution < -0.4 is 11.5 Å². The molecule has 0 amide bonds. The van der Waals surface area contributed by atoms with E-state index in [-0.39, 0.29) is 0 Å². The van der Waals surface area contributed by atoms with Gasteiger partial charge in [-0.15, -0.1) is 0 Å². The van der Waals surface area contributed by atoms with E-state index in [1.807, 2.05) is 31.2 Å². The van der Waals surface area contributed by atoms with Crippen molar-refractivity contribution >= 4 is 61.8 Å². The van der Waals surface area contributed by atoms with Crippen molar-refractivity contribution < 1.29 is 4.42 Å². The highest BCUT2D eigenvalue weighted by Crippen LogP contribution is 2.45. The van der Waals surface area contributed by atoms with Crippen molar-refractivity contribution in [3.8, 4) is 11.1 Å². The number of nitrogen functional groups attached to an aromatic ring is 1. The molecule has 0 atom stereocenters. The Hall–Kier alpha value is -5.48. The predicted molar refractivity (Wildman–Crippen MR) is 184 cm³/mol. The SMILES string of the molecule is C=Cc1oc2ccc(-c3ccc4c(c3)c3ccccc3n4C/C=C3/C(/C=C\N)=C(C)c4cccc(N)c43)cc2c1/C=C\C. The summed E-state index contributed by atoms with van der Waals surface area (Å²) in [4.78, 5) is 0. The molecule has 4 heteroatoms. The summed E-state index contributed by atoms with van der Waals surface area (Å²) in [6.45, 7) is 8.78. The van der Waals surface area contributed by atoms with Crippen LogP contribution in [0.2, 0.25) is 0 Å². The molecule has 4 nitrogen and oxygen atoms in total. The van der Waals surface area contributed by atoms with Crippen molar-refractivity contribution in [3.63, 3.8) is 0 Å². The second-order valence-corrected chi connectivity index (χ2v) is 10.9. The molecule has 0 spiro atoms. The lowest BCUT2D eigenvalue weighted by Gasteiger charge is -2.10. The lowest BCUT2D eigenvalue weighted by molar-refractivity contribution is 0.603. The molecule has 2 aromatic heterocycles. The Morgan fingerprint density at radius 3 is 2.42 bits per heavy atom. The zero-order chi connectivity index (χ0) is 29.7. The van der Waals surface area contributed by atoms with Gasteiger partial charge in [-0.3, -0.25) is 0 Å². The maximum absolute atomic E-state index is 6.51. The van der Waals surface area contributed by atoms with Crippen LogP contribution in [0.1, 0.15) is 36.3 Å². The number of aromatic nitrogens is 1. The first kappa shape index (κ1) is 26.4.